The molecule has 2 heterocycles. The molecule has 1 atom stereocenters. The molecule has 0 bridgehead atoms. The van der Waals surface area contributed by atoms with Gasteiger partial charge in [0, 0.05) is 15.6 Å². The molecule has 0 fully saturated rings. The zero-order valence-electron chi connectivity index (χ0n) is 15.5. The van der Waals surface area contributed by atoms with Crippen molar-refractivity contribution in [1.29, 1.82) is 0 Å². The van der Waals surface area contributed by atoms with Gasteiger partial charge in [0.05, 0.1) is 5.39 Å². The van der Waals surface area contributed by atoms with E-state index in [0.29, 0.717) is 21.3 Å². The topological polar surface area (TPSA) is 64.0 Å². The normalized spacial score (nSPS) is 12.3. The number of aryl methyl sites for hydroxylation is 1. The van der Waals surface area contributed by atoms with Crippen LogP contribution in [0.5, 0.6) is 0 Å². The van der Waals surface area contributed by atoms with Crippen molar-refractivity contribution in [2.75, 3.05) is 11.6 Å². The van der Waals surface area contributed by atoms with Crippen LogP contribution in [0, 0.1) is 6.92 Å². The lowest BCUT2D eigenvalue weighted by atomic mass is 10.2. The summed E-state index contributed by atoms with van der Waals surface area (Å²) in [6, 6.07) is 6.51. The van der Waals surface area contributed by atoms with Crippen molar-refractivity contribution >= 4 is 56.5 Å². The van der Waals surface area contributed by atoms with E-state index in [1.807, 2.05) is 26.2 Å². The van der Waals surface area contributed by atoms with Gasteiger partial charge in [-0.2, -0.15) is 0 Å². The molecule has 5 nitrogen and oxygen atoms in total. The number of anilines is 1. The molecule has 1 unspecified atom stereocenters. The molecule has 3 aromatic rings. The second-order valence-electron chi connectivity index (χ2n) is 6.14. The quantitative estimate of drug-likeness (QED) is 0.470. The highest BCUT2D eigenvalue weighted by atomic mass is 35.5. The molecule has 0 saturated carbocycles. The average molecular weight is 422 g/mol. The Hall–Kier alpha value is -1.83. The molecule has 142 valence electrons. The minimum atomic E-state index is -0.708. The number of nitrogens with zero attached hydrogens (tertiary/aromatic N) is 2. The highest BCUT2D eigenvalue weighted by Gasteiger charge is 2.23. The number of nitrogens with one attached hydrogen (secondary N) is 1. The van der Waals surface area contributed by atoms with E-state index < -0.39 is 6.04 Å². The van der Waals surface area contributed by atoms with Crippen LogP contribution in [0.1, 0.15) is 30.3 Å². The Bertz CT molecular complexity index is 1070. The van der Waals surface area contributed by atoms with Crippen LogP contribution in [-0.4, -0.2) is 21.7 Å². The molecular formula is C19H20ClN3O2S2. The minimum Gasteiger partial charge on any atom is -0.324 e. The first-order valence-corrected chi connectivity index (χ1v) is 10.9. The summed E-state index contributed by atoms with van der Waals surface area (Å²) in [7, 11) is 0. The van der Waals surface area contributed by atoms with Gasteiger partial charge in [-0.1, -0.05) is 36.4 Å². The summed E-state index contributed by atoms with van der Waals surface area (Å²) in [6.45, 7) is 5.59. The minimum absolute atomic E-state index is 0.189. The molecule has 0 aliphatic heterocycles. The molecule has 27 heavy (non-hydrogen) atoms. The number of thiophene rings is 1. The van der Waals surface area contributed by atoms with E-state index >= 15 is 0 Å². The summed E-state index contributed by atoms with van der Waals surface area (Å²) in [6.07, 6.45) is 2.70. The highest BCUT2D eigenvalue weighted by molar-refractivity contribution is 7.98. The smallest absolute Gasteiger partial charge is 0.263 e. The number of carbonyl (C=O) groups is 1. The molecule has 2 aromatic heterocycles. The van der Waals surface area contributed by atoms with Crippen molar-refractivity contribution in [3.05, 3.63) is 50.1 Å². The number of halogens is 1. The molecule has 1 aromatic carbocycles. The fourth-order valence-corrected chi connectivity index (χ4v) is 4.59. The molecule has 1 N–H and O–H groups in total. The maximum absolute atomic E-state index is 13.1. The van der Waals surface area contributed by atoms with Crippen molar-refractivity contribution in [3.63, 3.8) is 0 Å². The number of hydrogen-bond acceptors (Lipinski definition) is 5. The van der Waals surface area contributed by atoms with Crippen LogP contribution in [-0.2, 0) is 11.2 Å². The second-order valence-corrected chi connectivity index (χ2v) is 8.43. The van der Waals surface area contributed by atoms with Gasteiger partial charge in [-0.25, -0.2) is 4.98 Å². The van der Waals surface area contributed by atoms with Crippen LogP contribution in [0.15, 0.2) is 34.2 Å². The van der Waals surface area contributed by atoms with Crippen molar-refractivity contribution in [1.82, 2.24) is 9.55 Å². The summed E-state index contributed by atoms with van der Waals surface area (Å²) < 4.78 is 1.47. The van der Waals surface area contributed by atoms with E-state index in [-0.39, 0.29) is 11.5 Å². The Labute approximate surface area is 170 Å². The van der Waals surface area contributed by atoms with E-state index in [2.05, 4.69) is 10.3 Å². The highest BCUT2D eigenvalue weighted by Crippen LogP contribution is 2.27. The third-order valence-electron chi connectivity index (χ3n) is 4.44. The third-order valence-corrected chi connectivity index (χ3v) is 6.68. The van der Waals surface area contributed by atoms with E-state index in [9.17, 15) is 9.59 Å². The van der Waals surface area contributed by atoms with E-state index in [4.69, 9.17) is 11.6 Å². The van der Waals surface area contributed by atoms with Crippen molar-refractivity contribution in [2.45, 2.75) is 38.4 Å². The van der Waals surface area contributed by atoms with Crippen LogP contribution < -0.4 is 10.9 Å². The molecule has 1 amide bonds. The van der Waals surface area contributed by atoms with E-state index in [1.165, 1.54) is 27.7 Å². The first kappa shape index (κ1) is 19.9. The molecule has 0 aliphatic carbocycles. The van der Waals surface area contributed by atoms with Gasteiger partial charge in [0.1, 0.15) is 10.9 Å². The molecule has 0 saturated heterocycles. The summed E-state index contributed by atoms with van der Waals surface area (Å²) >= 11 is 9.01. The summed E-state index contributed by atoms with van der Waals surface area (Å²) in [5, 5.41) is 4.55. The van der Waals surface area contributed by atoms with E-state index in [1.54, 1.807) is 25.1 Å². The Morgan fingerprint density at radius 3 is 2.85 bits per heavy atom. The summed E-state index contributed by atoms with van der Waals surface area (Å²) in [5.41, 5.74) is 1.23. The fraction of sp³-hybridized carbons (Fsp3) is 0.316. The molecule has 0 radical (unpaired) electrons. The predicted octanol–water partition coefficient (Wildman–Crippen LogP) is 4.90. The number of amides is 1. The molecule has 0 aliphatic rings. The largest absolute Gasteiger partial charge is 0.324 e. The number of fused-ring (bicyclic) bond motifs is 1. The van der Waals surface area contributed by atoms with Gasteiger partial charge < -0.3 is 5.32 Å². The van der Waals surface area contributed by atoms with Gasteiger partial charge in [0.15, 0.2) is 5.16 Å². The predicted molar refractivity (Wildman–Crippen MR) is 115 cm³/mol. The first-order chi connectivity index (χ1) is 12.9. The van der Waals surface area contributed by atoms with Crippen LogP contribution in [0.3, 0.4) is 0 Å². The number of rotatable bonds is 5. The zero-order chi connectivity index (χ0) is 19.7. The van der Waals surface area contributed by atoms with Crippen molar-refractivity contribution < 1.29 is 4.79 Å². The van der Waals surface area contributed by atoms with Crippen LogP contribution in [0.4, 0.5) is 5.69 Å². The van der Waals surface area contributed by atoms with Gasteiger partial charge in [-0.05, 0) is 50.3 Å². The number of hydrogen-bond donors (Lipinski definition) is 1. The van der Waals surface area contributed by atoms with Crippen molar-refractivity contribution in [3.8, 4) is 0 Å². The lowest BCUT2D eigenvalue weighted by molar-refractivity contribution is -0.119. The molecule has 8 heteroatoms. The lowest BCUT2D eigenvalue weighted by Gasteiger charge is -2.18. The monoisotopic (exact) mass is 421 g/mol. The van der Waals surface area contributed by atoms with Gasteiger partial charge >= 0.3 is 0 Å². The first-order valence-electron chi connectivity index (χ1n) is 8.52. The zero-order valence-corrected chi connectivity index (χ0v) is 17.9. The Kier molecular flexibility index (Phi) is 5.93. The van der Waals surface area contributed by atoms with E-state index in [0.717, 1.165) is 21.7 Å². The maximum Gasteiger partial charge on any atom is 0.263 e. The SMILES string of the molecule is CCc1cc2c(=O)n(C(C)C(=O)Nc3cccc(Cl)c3C)c(SC)nc2s1. The van der Waals surface area contributed by atoms with Crippen LogP contribution >= 0.6 is 34.7 Å². The fourth-order valence-electron chi connectivity index (χ4n) is 2.78. The van der Waals surface area contributed by atoms with Crippen molar-refractivity contribution in [2.24, 2.45) is 0 Å². The van der Waals surface area contributed by atoms with Gasteiger partial charge in [0.2, 0.25) is 5.91 Å². The van der Waals surface area contributed by atoms with Crippen LogP contribution in [0.2, 0.25) is 5.02 Å². The summed E-state index contributed by atoms with van der Waals surface area (Å²) in [4.78, 5) is 32.3. The molecule has 3 rings (SSSR count). The number of aromatic nitrogens is 2. The Morgan fingerprint density at radius 1 is 1.44 bits per heavy atom. The Balaban J connectivity index is 2.02. The maximum atomic E-state index is 13.1. The van der Waals surface area contributed by atoms with Gasteiger partial charge in [-0.3, -0.25) is 14.2 Å². The lowest BCUT2D eigenvalue weighted by Crippen LogP contribution is -2.33. The number of thioether (sulfide) groups is 1. The number of benzene rings is 1. The average Bonchev–Trinajstić information content (AvgIpc) is 3.08. The standard InChI is InChI=1S/C19H20ClN3O2S2/c1-5-12-9-13-17(27-12)22-19(26-4)23(18(13)25)11(3)16(24)21-15-8-6-7-14(20)10(15)2/h6-9,11H,5H2,1-4H3,(H,21,24). The molecular weight excluding hydrogens is 402 g/mol. The van der Waals surface area contributed by atoms with Crippen LogP contribution in [0.25, 0.3) is 10.2 Å². The number of carbonyl (C=O) groups excluding carboxylic acids is 1. The summed E-state index contributed by atoms with van der Waals surface area (Å²) in [5.74, 6) is -0.287. The third kappa shape index (κ3) is 3.77. The second kappa shape index (κ2) is 8.04. The van der Waals surface area contributed by atoms with Gasteiger partial charge in [0.25, 0.3) is 5.56 Å². The Morgan fingerprint density at radius 2 is 2.19 bits per heavy atom. The molecule has 0 spiro atoms. The van der Waals surface area contributed by atoms with Gasteiger partial charge in [-0.15, -0.1) is 11.3 Å².